The van der Waals surface area contributed by atoms with Gasteiger partial charge in [-0.15, -0.1) is 0 Å². The lowest BCUT2D eigenvalue weighted by Gasteiger charge is -2.33. The molecule has 1 aliphatic rings. The van der Waals surface area contributed by atoms with Crippen LogP contribution in [0.2, 0.25) is 5.28 Å². The summed E-state index contributed by atoms with van der Waals surface area (Å²) in [5.41, 5.74) is -1.03. The number of aromatic nitrogens is 2. The second-order valence-electron chi connectivity index (χ2n) is 4.23. The van der Waals surface area contributed by atoms with E-state index in [2.05, 4.69) is 9.97 Å². The third-order valence-electron chi connectivity index (χ3n) is 2.89. The molecule has 0 aliphatic carbocycles. The Balaban J connectivity index is 2.26. The largest absolute Gasteiger partial charge is 0.433 e. The highest BCUT2D eigenvalue weighted by atomic mass is 35.5. The summed E-state index contributed by atoms with van der Waals surface area (Å²) in [7, 11) is 0. The molecule has 106 valence electrons. The van der Waals surface area contributed by atoms with Gasteiger partial charge in [-0.1, -0.05) is 6.92 Å². The minimum absolute atomic E-state index is 0.00294. The standard InChI is InChI=1S/C11H13ClF3N3O/c1-2-7-6-18(3-4-19-7)9-5-8(11(13,14)15)16-10(12)17-9/h5,7H,2-4,6H2,1H3. The Kier molecular flexibility index (Phi) is 4.15. The highest BCUT2D eigenvalue weighted by Gasteiger charge is 2.34. The van der Waals surface area contributed by atoms with Crippen molar-refractivity contribution in [3.05, 3.63) is 17.0 Å². The second kappa shape index (κ2) is 5.50. The third kappa shape index (κ3) is 3.48. The number of rotatable bonds is 2. The Morgan fingerprint density at radius 2 is 2.21 bits per heavy atom. The number of morpholine rings is 1. The summed E-state index contributed by atoms with van der Waals surface area (Å²) in [6.45, 7) is 3.41. The van der Waals surface area contributed by atoms with E-state index >= 15 is 0 Å². The van der Waals surface area contributed by atoms with Gasteiger partial charge in [0.25, 0.3) is 0 Å². The third-order valence-corrected chi connectivity index (χ3v) is 3.06. The Bertz CT molecular complexity index is 455. The van der Waals surface area contributed by atoms with E-state index in [4.69, 9.17) is 16.3 Å². The maximum absolute atomic E-state index is 12.7. The summed E-state index contributed by atoms with van der Waals surface area (Å²) in [5, 5.41) is -0.399. The molecular formula is C11H13ClF3N3O. The maximum atomic E-state index is 12.7. The highest BCUT2D eigenvalue weighted by molar-refractivity contribution is 6.28. The topological polar surface area (TPSA) is 38.2 Å². The van der Waals surface area contributed by atoms with E-state index < -0.39 is 17.2 Å². The van der Waals surface area contributed by atoms with Crippen molar-refractivity contribution in [1.29, 1.82) is 0 Å². The van der Waals surface area contributed by atoms with Crippen LogP contribution in [-0.2, 0) is 10.9 Å². The zero-order valence-corrected chi connectivity index (χ0v) is 11.0. The molecule has 0 N–H and O–H groups in total. The van der Waals surface area contributed by atoms with Gasteiger partial charge in [-0.25, -0.2) is 9.97 Å². The second-order valence-corrected chi connectivity index (χ2v) is 4.56. The van der Waals surface area contributed by atoms with Gasteiger partial charge in [-0.2, -0.15) is 13.2 Å². The van der Waals surface area contributed by atoms with Gasteiger partial charge in [0.15, 0.2) is 5.69 Å². The quantitative estimate of drug-likeness (QED) is 0.787. The first-order valence-electron chi connectivity index (χ1n) is 5.88. The number of halogens is 4. The van der Waals surface area contributed by atoms with Gasteiger partial charge < -0.3 is 9.64 Å². The van der Waals surface area contributed by atoms with Crippen molar-refractivity contribution < 1.29 is 17.9 Å². The molecule has 1 aliphatic heterocycles. The Hall–Kier alpha value is -1.08. The fourth-order valence-electron chi connectivity index (χ4n) is 1.89. The molecule has 0 bridgehead atoms. The highest BCUT2D eigenvalue weighted by Crippen LogP contribution is 2.31. The van der Waals surface area contributed by atoms with Crippen LogP contribution in [0.5, 0.6) is 0 Å². The van der Waals surface area contributed by atoms with E-state index in [1.165, 1.54) is 0 Å². The molecule has 1 aromatic rings. The summed E-state index contributed by atoms with van der Waals surface area (Å²) in [6.07, 6.45) is -3.74. The lowest BCUT2D eigenvalue weighted by atomic mass is 10.2. The van der Waals surface area contributed by atoms with Crippen molar-refractivity contribution in [1.82, 2.24) is 9.97 Å². The molecule has 2 rings (SSSR count). The zero-order chi connectivity index (χ0) is 14.0. The summed E-state index contributed by atoms with van der Waals surface area (Å²) >= 11 is 5.57. The predicted molar refractivity (Wildman–Crippen MR) is 64.3 cm³/mol. The fourth-order valence-corrected chi connectivity index (χ4v) is 2.07. The zero-order valence-electron chi connectivity index (χ0n) is 10.2. The molecule has 2 heterocycles. The van der Waals surface area contributed by atoms with Crippen molar-refractivity contribution in [2.75, 3.05) is 24.6 Å². The number of hydrogen-bond donors (Lipinski definition) is 0. The summed E-state index contributed by atoms with van der Waals surface area (Å²) in [4.78, 5) is 8.81. The van der Waals surface area contributed by atoms with Crippen molar-refractivity contribution in [2.45, 2.75) is 25.6 Å². The fraction of sp³-hybridized carbons (Fsp3) is 0.636. The van der Waals surface area contributed by atoms with Crippen LogP contribution in [0.4, 0.5) is 19.0 Å². The molecule has 4 nitrogen and oxygen atoms in total. The number of hydrogen-bond acceptors (Lipinski definition) is 4. The van der Waals surface area contributed by atoms with Gasteiger partial charge in [-0.05, 0) is 18.0 Å². The van der Waals surface area contributed by atoms with Crippen LogP contribution < -0.4 is 4.90 Å². The predicted octanol–water partition coefficient (Wildman–Crippen LogP) is 2.76. The Labute approximate surface area is 113 Å². The Morgan fingerprint density at radius 3 is 2.84 bits per heavy atom. The van der Waals surface area contributed by atoms with Gasteiger partial charge in [0, 0.05) is 19.2 Å². The molecular weight excluding hydrogens is 283 g/mol. The van der Waals surface area contributed by atoms with Gasteiger partial charge in [0.05, 0.1) is 12.7 Å². The van der Waals surface area contributed by atoms with Crippen molar-refractivity contribution in [3.63, 3.8) is 0 Å². The lowest BCUT2D eigenvalue weighted by molar-refractivity contribution is -0.141. The van der Waals surface area contributed by atoms with Crippen LogP contribution >= 0.6 is 11.6 Å². The van der Waals surface area contributed by atoms with E-state index in [0.29, 0.717) is 19.7 Å². The van der Waals surface area contributed by atoms with E-state index in [1.54, 1.807) is 4.90 Å². The van der Waals surface area contributed by atoms with E-state index in [9.17, 15) is 13.2 Å². The first kappa shape index (κ1) is 14.3. The molecule has 0 spiro atoms. The first-order valence-corrected chi connectivity index (χ1v) is 6.26. The minimum Gasteiger partial charge on any atom is -0.375 e. The molecule has 1 unspecified atom stereocenters. The molecule has 1 aromatic heterocycles. The van der Waals surface area contributed by atoms with E-state index in [1.807, 2.05) is 6.92 Å². The summed E-state index contributed by atoms with van der Waals surface area (Å²) < 4.78 is 43.5. The summed E-state index contributed by atoms with van der Waals surface area (Å²) in [6, 6.07) is 0.921. The van der Waals surface area contributed by atoms with E-state index in [0.717, 1.165) is 12.5 Å². The average molecular weight is 296 g/mol. The lowest BCUT2D eigenvalue weighted by Crippen LogP contribution is -2.42. The Morgan fingerprint density at radius 1 is 1.47 bits per heavy atom. The molecule has 1 fully saturated rings. The molecule has 0 radical (unpaired) electrons. The molecule has 0 saturated carbocycles. The number of ether oxygens (including phenoxy) is 1. The van der Waals surface area contributed by atoms with Gasteiger partial charge in [0.2, 0.25) is 5.28 Å². The van der Waals surface area contributed by atoms with Gasteiger partial charge in [-0.3, -0.25) is 0 Å². The molecule has 0 amide bonds. The van der Waals surface area contributed by atoms with Gasteiger partial charge in [0.1, 0.15) is 5.82 Å². The molecule has 1 atom stereocenters. The number of anilines is 1. The van der Waals surface area contributed by atoms with Crippen molar-refractivity contribution in [3.8, 4) is 0 Å². The van der Waals surface area contributed by atoms with E-state index in [-0.39, 0.29) is 11.9 Å². The molecule has 1 saturated heterocycles. The number of nitrogens with zero attached hydrogens (tertiary/aromatic N) is 3. The molecule has 8 heteroatoms. The van der Waals surface area contributed by atoms with Crippen LogP contribution in [0, 0.1) is 0 Å². The SMILES string of the molecule is CCC1CN(c2cc(C(F)(F)F)nc(Cl)n2)CCO1. The smallest absolute Gasteiger partial charge is 0.375 e. The van der Waals surface area contributed by atoms with Crippen LogP contribution in [0.1, 0.15) is 19.0 Å². The van der Waals surface area contributed by atoms with Crippen LogP contribution in [-0.4, -0.2) is 35.8 Å². The average Bonchev–Trinajstić information content (AvgIpc) is 2.37. The first-order chi connectivity index (χ1) is 8.90. The molecule has 0 aromatic carbocycles. The minimum atomic E-state index is -4.53. The van der Waals surface area contributed by atoms with Gasteiger partial charge >= 0.3 is 6.18 Å². The van der Waals surface area contributed by atoms with Crippen molar-refractivity contribution >= 4 is 17.4 Å². The monoisotopic (exact) mass is 295 g/mol. The normalized spacial score (nSPS) is 20.7. The summed E-state index contributed by atoms with van der Waals surface area (Å²) in [5.74, 6) is 0.189. The number of alkyl halides is 3. The van der Waals surface area contributed by atoms with Crippen LogP contribution in [0.25, 0.3) is 0 Å². The van der Waals surface area contributed by atoms with Crippen LogP contribution in [0.15, 0.2) is 6.07 Å². The van der Waals surface area contributed by atoms with Crippen LogP contribution in [0.3, 0.4) is 0 Å². The van der Waals surface area contributed by atoms with Crippen molar-refractivity contribution in [2.24, 2.45) is 0 Å². The maximum Gasteiger partial charge on any atom is 0.433 e. The molecule has 19 heavy (non-hydrogen) atoms.